The van der Waals surface area contributed by atoms with Crippen molar-refractivity contribution in [3.8, 4) is 0 Å². The fourth-order valence-corrected chi connectivity index (χ4v) is 3.05. The summed E-state index contributed by atoms with van der Waals surface area (Å²) in [5.74, 6) is 0.343. The number of carbonyl (C=O) groups excluding carboxylic acids is 1. The Morgan fingerprint density at radius 1 is 1.45 bits per heavy atom. The van der Waals surface area contributed by atoms with Crippen molar-refractivity contribution in [2.75, 3.05) is 13.1 Å². The SMILES string of the molecule is CC1CCCN(C(=O)c2cc(Cl)ccc2Cl)C1CN.Cl. The molecule has 0 saturated carbocycles. The highest BCUT2D eigenvalue weighted by molar-refractivity contribution is 6.35. The number of likely N-dealkylation sites (tertiary alicyclic amines) is 1. The third kappa shape index (κ3) is 3.59. The molecule has 1 fully saturated rings. The number of amides is 1. The minimum absolute atomic E-state index is 0. The third-order valence-electron chi connectivity index (χ3n) is 3.78. The molecule has 1 aliphatic rings. The quantitative estimate of drug-likeness (QED) is 0.896. The highest BCUT2D eigenvalue weighted by Crippen LogP contribution is 2.27. The van der Waals surface area contributed by atoms with Crippen molar-refractivity contribution in [3.63, 3.8) is 0 Å². The van der Waals surface area contributed by atoms with E-state index in [1.807, 2.05) is 4.90 Å². The van der Waals surface area contributed by atoms with Crippen LogP contribution in [0.4, 0.5) is 0 Å². The van der Waals surface area contributed by atoms with Crippen LogP contribution in [0.15, 0.2) is 18.2 Å². The number of nitrogens with zero attached hydrogens (tertiary/aromatic N) is 1. The Balaban J connectivity index is 0.00000200. The first-order valence-electron chi connectivity index (χ1n) is 6.50. The van der Waals surface area contributed by atoms with Crippen LogP contribution in [-0.2, 0) is 0 Å². The summed E-state index contributed by atoms with van der Waals surface area (Å²) in [7, 11) is 0. The zero-order valence-electron chi connectivity index (χ0n) is 11.3. The molecule has 112 valence electrons. The highest BCUT2D eigenvalue weighted by Gasteiger charge is 2.32. The molecule has 1 saturated heterocycles. The lowest BCUT2D eigenvalue weighted by Crippen LogP contribution is -2.51. The molecule has 3 nitrogen and oxygen atoms in total. The number of carbonyl (C=O) groups is 1. The Morgan fingerprint density at radius 3 is 2.80 bits per heavy atom. The Morgan fingerprint density at radius 2 is 2.15 bits per heavy atom. The van der Waals surface area contributed by atoms with Gasteiger partial charge in [-0.15, -0.1) is 12.4 Å². The molecule has 0 radical (unpaired) electrons. The normalized spacial score (nSPS) is 22.3. The van der Waals surface area contributed by atoms with Crippen LogP contribution in [-0.4, -0.2) is 29.9 Å². The Bertz CT molecular complexity index is 481. The summed E-state index contributed by atoms with van der Waals surface area (Å²) in [6, 6.07) is 5.04. The van der Waals surface area contributed by atoms with E-state index >= 15 is 0 Å². The van der Waals surface area contributed by atoms with Crippen molar-refractivity contribution in [2.24, 2.45) is 11.7 Å². The van der Waals surface area contributed by atoms with E-state index in [0.717, 1.165) is 19.4 Å². The lowest BCUT2D eigenvalue weighted by atomic mass is 9.90. The van der Waals surface area contributed by atoms with E-state index in [0.29, 0.717) is 28.1 Å². The average molecular weight is 338 g/mol. The molecule has 0 spiro atoms. The Hall–Kier alpha value is -0.480. The summed E-state index contributed by atoms with van der Waals surface area (Å²) in [6.45, 7) is 3.34. The maximum absolute atomic E-state index is 12.6. The van der Waals surface area contributed by atoms with E-state index in [4.69, 9.17) is 28.9 Å². The van der Waals surface area contributed by atoms with E-state index in [1.165, 1.54) is 0 Å². The summed E-state index contributed by atoms with van der Waals surface area (Å²) in [5.41, 5.74) is 6.27. The fraction of sp³-hybridized carbons (Fsp3) is 0.500. The molecule has 1 heterocycles. The number of hydrogen-bond acceptors (Lipinski definition) is 2. The first-order chi connectivity index (χ1) is 9.04. The van der Waals surface area contributed by atoms with Crippen LogP contribution >= 0.6 is 35.6 Å². The number of rotatable bonds is 2. The van der Waals surface area contributed by atoms with Gasteiger partial charge in [0.1, 0.15) is 0 Å². The topological polar surface area (TPSA) is 46.3 Å². The largest absolute Gasteiger partial charge is 0.334 e. The monoisotopic (exact) mass is 336 g/mol. The maximum Gasteiger partial charge on any atom is 0.255 e. The molecule has 6 heteroatoms. The number of benzene rings is 1. The molecule has 0 bridgehead atoms. The van der Waals surface area contributed by atoms with Crippen LogP contribution in [0, 0.1) is 5.92 Å². The molecule has 1 aromatic carbocycles. The fourth-order valence-electron chi connectivity index (χ4n) is 2.68. The van der Waals surface area contributed by atoms with Gasteiger partial charge in [-0.25, -0.2) is 0 Å². The van der Waals surface area contributed by atoms with Gasteiger partial charge in [0.15, 0.2) is 0 Å². The third-order valence-corrected chi connectivity index (χ3v) is 4.34. The summed E-state index contributed by atoms with van der Waals surface area (Å²) in [6.07, 6.45) is 2.11. The van der Waals surface area contributed by atoms with Crippen molar-refractivity contribution in [1.29, 1.82) is 0 Å². The van der Waals surface area contributed by atoms with Gasteiger partial charge in [0.05, 0.1) is 10.6 Å². The van der Waals surface area contributed by atoms with Crippen LogP contribution < -0.4 is 5.73 Å². The van der Waals surface area contributed by atoms with Gasteiger partial charge in [-0.3, -0.25) is 4.79 Å². The Labute approximate surface area is 135 Å². The lowest BCUT2D eigenvalue weighted by molar-refractivity contribution is 0.0533. The van der Waals surface area contributed by atoms with Gasteiger partial charge in [0.2, 0.25) is 0 Å². The average Bonchev–Trinajstić information content (AvgIpc) is 2.40. The molecule has 1 amide bonds. The van der Waals surface area contributed by atoms with Gasteiger partial charge in [-0.1, -0.05) is 30.1 Å². The van der Waals surface area contributed by atoms with Crippen LogP contribution in [0.3, 0.4) is 0 Å². The van der Waals surface area contributed by atoms with E-state index in [1.54, 1.807) is 18.2 Å². The maximum atomic E-state index is 12.6. The van der Waals surface area contributed by atoms with Crippen LogP contribution in [0.25, 0.3) is 0 Å². The second kappa shape index (κ2) is 7.51. The van der Waals surface area contributed by atoms with E-state index in [2.05, 4.69) is 6.92 Å². The molecule has 0 aromatic heterocycles. The van der Waals surface area contributed by atoms with Gasteiger partial charge < -0.3 is 10.6 Å². The van der Waals surface area contributed by atoms with Crippen molar-refractivity contribution in [2.45, 2.75) is 25.8 Å². The number of piperidine rings is 1. The molecule has 0 aliphatic carbocycles. The smallest absolute Gasteiger partial charge is 0.255 e. The van der Waals surface area contributed by atoms with Gasteiger partial charge in [0, 0.05) is 24.2 Å². The summed E-state index contributed by atoms with van der Waals surface area (Å²) < 4.78 is 0. The first-order valence-corrected chi connectivity index (χ1v) is 7.26. The van der Waals surface area contributed by atoms with Crippen LogP contribution in [0.1, 0.15) is 30.1 Å². The summed E-state index contributed by atoms with van der Waals surface area (Å²) >= 11 is 12.0. The second-order valence-electron chi connectivity index (χ2n) is 5.05. The molecule has 2 rings (SSSR count). The summed E-state index contributed by atoms with van der Waals surface area (Å²) in [5, 5.41) is 0.950. The second-order valence-corrected chi connectivity index (χ2v) is 5.89. The molecule has 2 atom stereocenters. The molecule has 20 heavy (non-hydrogen) atoms. The molecule has 2 unspecified atom stereocenters. The zero-order valence-corrected chi connectivity index (χ0v) is 13.6. The highest BCUT2D eigenvalue weighted by atomic mass is 35.5. The van der Waals surface area contributed by atoms with Gasteiger partial charge in [-0.2, -0.15) is 0 Å². The summed E-state index contributed by atoms with van der Waals surface area (Å²) in [4.78, 5) is 14.5. The standard InChI is InChI=1S/C14H18Cl2N2O.ClH/c1-9-3-2-6-18(13(9)8-17)14(19)11-7-10(15)4-5-12(11)16;/h4-5,7,9,13H,2-3,6,8,17H2,1H3;1H. The van der Waals surface area contributed by atoms with Gasteiger partial charge >= 0.3 is 0 Å². The van der Waals surface area contributed by atoms with Gasteiger partial charge in [-0.05, 0) is 37.0 Å². The molecular formula is C14H19Cl3N2O. The predicted molar refractivity (Wildman–Crippen MR) is 86.0 cm³/mol. The molecule has 1 aliphatic heterocycles. The van der Waals surface area contributed by atoms with Crippen molar-refractivity contribution < 1.29 is 4.79 Å². The van der Waals surface area contributed by atoms with Crippen LogP contribution in [0.5, 0.6) is 0 Å². The van der Waals surface area contributed by atoms with E-state index < -0.39 is 0 Å². The van der Waals surface area contributed by atoms with Gasteiger partial charge in [0.25, 0.3) is 5.91 Å². The van der Waals surface area contributed by atoms with E-state index in [9.17, 15) is 4.79 Å². The number of hydrogen-bond donors (Lipinski definition) is 1. The molecule has 1 aromatic rings. The van der Waals surface area contributed by atoms with Crippen molar-refractivity contribution in [3.05, 3.63) is 33.8 Å². The molecular weight excluding hydrogens is 319 g/mol. The molecule has 2 N–H and O–H groups in total. The zero-order chi connectivity index (χ0) is 14.0. The predicted octanol–water partition coefficient (Wildman–Crippen LogP) is 3.61. The number of halogens is 3. The van der Waals surface area contributed by atoms with Crippen molar-refractivity contribution >= 4 is 41.5 Å². The first kappa shape index (κ1) is 17.6. The van der Waals surface area contributed by atoms with E-state index in [-0.39, 0.29) is 24.4 Å². The van der Waals surface area contributed by atoms with Crippen molar-refractivity contribution in [1.82, 2.24) is 4.90 Å². The minimum atomic E-state index is -0.0745. The van der Waals surface area contributed by atoms with Crippen LogP contribution in [0.2, 0.25) is 10.0 Å². The minimum Gasteiger partial charge on any atom is -0.334 e. The number of nitrogens with two attached hydrogens (primary N) is 1. The Kier molecular flexibility index (Phi) is 6.59. The lowest BCUT2D eigenvalue weighted by Gasteiger charge is -2.39.